The van der Waals surface area contributed by atoms with Crippen LogP contribution in [0.4, 0.5) is 0 Å². The van der Waals surface area contributed by atoms with Crippen LogP contribution in [0.1, 0.15) is 16.6 Å². The Kier molecular flexibility index (Phi) is 2.05. The molecule has 0 spiro atoms. The fourth-order valence-corrected chi connectivity index (χ4v) is 1.31. The van der Waals surface area contributed by atoms with Crippen LogP contribution in [0.3, 0.4) is 0 Å². The molecule has 0 aromatic rings. The van der Waals surface area contributed by atoms with Crippen molar-refractivity contribution in [3.63, 3.8) is 0 Å². The van der Waals surface area contributed by atoms with Crippen LogP contribution in [0.2, 0.25) is 0 Å². The molecule has 66 valence electrons. The summed E-state index contributed by atoms with van der Waals surface area (Å²) in [4.78, 5) is 0. The van der Waals surface area contributed by atoms with Gasteiger partial charge in [0.15, 0.2) is 0 Å². The summed E-state index contributed by atoms with van der Waals surface area (Å²) < 4.78 is 24.1. The number of aliphatic hydroxyl groups is 1. The molecule has 11 heavy (non-hydrogen) atoms. The number of aliphatic hydroxyl groups excluding tert-OH is 1. The Bertz CT molecular complexity index is 165. The monoisotopic (exact) mass is 163 g/mol. The number of hydrogen-bond donors (Lipinski definition) is 1. The molecule has 5 atom stereocenters. The third-order valence-electron chi connectivity index (χ3n) is 2.30. The van der Waals surface area contributed by atoms with Crippen molar-refractivity contribution in [2.24, 2.45) is 5.92 Å². The lowest BCUT2D eigenvalue weighted by molar-refractivity contribution is -0.157. The molecule has 0 saturated carbocycles. The number of methoxy groups -OCH3 is 1. The van der Waals surface area contributed by atoms with E-state index in [1.54, 1.807) is 6.92 Å². The predicted octanol–water partition coefficient (Wildman–Crippen LogP) is 0.417. The molecule has 1 rings (SSSR count). The number of rotatable bonds is 1. The molecule has 0 aliphatic carbocycles. The van der Waals surface area contributed by atoms with Crippen LogP contribution >= 0.6 is 0 Å². The van der Waals surface area contributed by atoms with Crippen LogP contribution in [0.25, 0.3) is 0 Å². The molecule has 0 aromatic heterocycles. The Morgan fingerprint density at radius 1 is 1.82 bits per heavy atom. The van der Waals surface area contributed by atoms with Crippen LogP contribution in [-0.4, -0.2) is 37.1 Å². The molecule has 5 unspecified atom stereocenters. The van der Waals surface area contributed by atoms with Gasteiger partial charge in [0.25, 0.3) is 0 Å². The summed E-state index contributed by atoms with van der Waals surface area (Å²) in [5.41, 5.74) is 0. The van der Waals surface area contributed by atoms with Crippen molar-refractivity contribution in [2.75, 3.05) is 13.7 Å². The van der Waals surface area contributed by atoms with Gasteiger partial charge in [-0.1, -0.05) is 6.92 Å². The quantitative estimate of drug-likeness (QED) is 0.608. The van der Waals surface area contributed by atoms with Gasteiger partial charge < -0.3 is 14.6 Å². The van der Waals surface area contributed by atoms with Crippen LogP contribution in [0, 0.1) is 5.92 Å². The smallest absolute Gasteiger partial charge is 0.0855 e. The van der Waals surface area contributed by atoms with E-state index in [-0.39, 0.29) is 18.1 Å². The lowest BCUT2D eigenvalue weighted by atomic mass is 9.92. The molecular weight excluding hydrogens is 144 g/mol. The number of hydrogen-bond acceptors (Lipinski definition) is 3. The summed E-state index contributed by atoms with van der Waals surface area (Å²) in [7, 11) is -1.31. The SMILES string of the molecule is [2H]C([3H])OC1COC(C)C(O)C1C. The molecule has 1 saturated heterocycles. The van der Waals surface area contributed by atoms with Gasteiger partial charge in [0.1, 0.15) is 0 Å². The van der Waals surface area contributed by atoms with Gasteiger partial charge in [-0.25, -0.2) is 0 Å². The minimum atomic E-state index is -1.31. The van der Waals surface area contributed by atoms with E-state index in [2.05, 4.69) is 0 Å². The van der Waals surface area contributed by atoms with E-state index in [1.165, 1.54) is 0 Å². The first-order valence-electron chi connectivity index (χ1n) is 4.97. The van der Waals surface area contributed by atoms with E-state index in [0.29, 0.717) is 6.61 Å². The molecule has 1 aliphatic rings. The minimum absolute atomic E-state index is 0.0815. The van der Waals surface area contributed by atoms with E-state index in [4.69, 9.17) is 12.2 Å². The van der Waals surface area contributed by atoms with Gasteiger partial charge >= 0.3 is 0 Å². The lowest BCUT2D eigenvalue weighted by Gasteiger charge is -2.36. The maximum atomic E-state index is 9.60. The second kappa shape index (κ2) is 3.52. The molecule has 1 fully saturated rings. The molecular formula is C8H16O3. The Balaban J connectivity index is 2.48. The van der Waals surface area contributed by atoms with Crippen molar-refractivity contribution in [3.05, 3.63) is 0 Å². The normalized spacial score (nSPS) is 51.2. The van der Waals surface area contributed by atoms with Crippen LogP contribution in [0.15, 0.2) is 0 Å². The maximum Gasteiger partial charge on any atom is 0.0855 e. The molecule has 1 aliphatic heterocycles. The average Bonchev–Trinajstić information content (AvgIpc) is 2.06. The Morgan fingerprint density at radius 2 is 2.55 bits per heavy atom. The zero-order valence-corrected chi connectivity index (χ0v) is 6.86. The van der Waals surface area contributed by atoms with E-state index in [9.17, 15) is 5.11 Å². The highest BCUT2D eigenvalue weighted by Crippen LogP contribution is 2.22. The van der Waals surface area contributed by atoms with E-state index >= 15 is 0 Å². The predicted molar refractivity (Wildman–Crippen MR) is 41.4 cm³/mol. The van der Waals surface area contributed by atoms with Crippen LogP contribution in [-0.2, 0) is 9.47 Å². The first-order chi connectivity index (χ1) is 6.02. The Hall–Kier alpha value is -0.120. The molecule has 1 heterocycles. The summed E-state index contributed by atoms with van der Waals surface area (Å²) in [6, 6.07) is 0. The van der Waals surface area contributed by atoms with Crippen molar-refractivity contribution in [3.8, 4) is 0 Å². The van der Waals surface area contributed by atoms with Crippen molar-refractivity contribution >= 4 is 0 Å². The molecule has 3 heteroatoms. The zero-order chi connectivity index (χ0) is 10.0. The third-order valence-corrected chi connectivity index (χ3v) is 2.30. The fourth-order valence-electron chi connectivity index (χ4n) is 1.31. The third kappa shape index (κ3) is 1.72. The van der Waals surface area contributed by atoms with Gasteiger partial charge in [-0.15, -0.1) is 0 Å². The Labute approximate surface area is 70.1 Å². The largest absolute Gasteiger partial charge is 0.390 e. The highest BCUT2D eigenvalue weighted by Gasteiger charge is 2.33. The summed E-state index contributed by atoms with van der Waals surface area (Å²) in [5.74, 6) is -0.0815. The second-order valence-corrected chi connectivity index (χ2v) is 3.06. The molecule has 1 N–H and O–H groups in total. The van der Waals surface area contributed by atoms with Crippen molar-refractivity contribution < 1.29 is 17.3 Å². The molecule has 0 amide bonds. The molecule has 0 bridgehead atoms. The van der Waals surface area contributed by atoms with Gasteiger partial charge in [0, 0.05) is 13.0 Å². The van der Waals surface area contributed by atoms with Gasteiger partial charge in [-0.3, -0.25) is 0 Å². The lowest BCUT2D eigenvalue weighted by Crippen LogP contribution is -2.47. The molecule has 0 radical (unpaired) electrons. The van der Waals surface area contributed by atoms with E-state index in [0.717, 1.165) is 0 Å². The second-order valence-electron chi connectivity index (χ2n) is 3.06. The van der Waals surface area contributed by atoms with E-state index < -0.39 is 13.2 Å². The fraction of sp³-hybridized carbons (Fsp3) is 1.00. The maximum absolute atomic E-state index is 9.60. The van der Waals surface area contributed by atoms with Gasteiger partial charge in [0.2, 0.25) is 0 Å². The summed E-state index contributed by atoms with van der Waals surface area (Å²) in [5, 5.41) is 9.60. The molecule has 3 nitrogen and oxygen atoms in total. The summed E-state index contributed by atoms with van der Waals surface area (Å²) in [6.07, 6.45) is -1.10. The zero-order valence-electron chi connectivity index (χ0n) is 8.86. The molecule has 0 aromatic carbocycles. The van der Waals surface area contributed by atoms with Crippen molar-refractivity contribution in [1.82, 2.24) is 0 Å². The standard InChI is InChI=1S/C8H16O3/c1-5-7(10-3)4-11-6(2)8(5)9/h5-9H,4H2,1-3H3/i3TD. The highest BCUT2D eigenvalue weighted by molar-refractivity contribution is 4.82. The minimum Gasteiger partial charge on any atom is -0.390 e. The Morgan fingerprint density at radius 3 is 3.18 bits per heavy atom. The average molecular weight is 163 g/mol. The van der Waals surface area contributed by atoms with Crippen LogP contribution < -0.4 is 0 Å². The first-order valence-corrected chi connectivity index (χ1v) is 3.82. The summed E-state index contributed by atoms with van der Waals surface area (Å²) >= 11 is 0. The van der Waals surface area contributed by atoms with Crippen molar-refractivity contribution in [2.45, 2.75) is 32.2 Å². The first kappa shape index (κ1) is 6.40. The summed E-state index contributed by atoms with van der Waals surface area (Å²) in [6.45, 7) is 4.00. The van der Waals surface area contributed by atoms with Gasteiger partial charge in [0.05, 0.1) is 27.7 Å². The van der Waals surface area contributed by atoms with Crippen LogP contribution in [0.5, 0.6) is 0 Å². The van der Waals surface area contributed by atoms with Gasteiger partial charge in [-0.2, -0.15) is 0 Å². The van der Waals surface area contributed by atoms with Gasteiger partial charge in [-0.05, 0) is 6.92 Å². The van der Waals surface area contributed by atoms with E-state index in [1.807, 2.05) is 6.92 Å². The topological polar surface area (TPSA) is 38.7 Å². The highest BCUT2D eigenvalue weighted by atomic mass is 16.5. The number of ether oxygens (including phenoxy) is 2. The van der Waals surface area contributed by atoms with Crippen molar-refractivity contribution in [1.29, 1.82) is 0 Å².